The minimum atomic E-state index is -4.17. The second-order valence-electron chi connectivity index (χ2n) is 14.5. The van der Waals surface area contributed by atoms with Crippen LogP contribution in [0, 0.1) is 6.92 Å². The van der Waals surface area contributed by atoms with Crippen LogP contribution in [-0.4, -0.2) is 60.6 Å². The molecule has 0 saturated heterocycles. The number of nitrogens with one attached hydrogen (secondary N) is 4. The van der Waals surface area contributed by atoms with Crippen LogP contribution < -0.4 is 32.0 Å². The topological polar surface area (TPSA) is 226 Å². The number of aromatic hydroxyl groups is 1. The highest BCUT2D eigenvalue weighted by atomic mass is 32.2. The van der Waals surface area contributed by atoms with Crippen LogP contribution >= 0.6 is 0 Å². The molecule has 0 aliphatic heterocycles. The summed E-state index contributed by atoms with van der Waals surface area (Å²) in [7, 11) is -2.64. The summed E-state index contributed by atoms with van der Waals surface area (Å²) in [4.78, 5) is 44.5. The zero-order valence-corrected chi connectivity index (χ0v) is 34.2. The van der Waals surface area contributed by atoms with E-state index in [9.17, 15) is 33.0 Å². The predicted molar refractivity (Wildman–Crippen MR) is 235 cm³/mol. The predicted octanol–water partition coefficient (Wildman–Crippen LogP) is 6.67. The normalized spacial score (nSPS) is 12.0. The fraction of sp³-hybridized carbons (Fsp3) is 0.174. The molecule has 15 heteroatoms. The Balaban J connectivity index is 0.974. The number of hydrogen-bond acceptors (Lipinski definition) is 11. The van der Waals surface area contributed by atoms with Crippen LogP contribution in [0.15, 0.2) is 130 Å². The van der Waals surface area contributed by atoms with Gasteiger partial charge in [0.25, 0.3) is 11.8 Å². The number of H-pyrrole nitrogens is 1. The van der Waals surface area contributed by atoms with Gasteiger partial charge in [-0.3, -0.25) is 19.4 Å². The van der Waals surface area contributed by atoms with E-state index < -0.39 is 27.8 Å². The van der Waals surface area contributed by atoms with Crippen molar-refractivity contribution in [1.82, 2.24) is 15.3 Å². The average Bonchev–Trinajstić information content (AvgIpc) is 3.25. The number of aromatic nitrogens is 2. The second-order valence-corrected chi connectivity index (χ2v) is 16.5. The Kier molecular flexibility index (Phi) is 12.4. The van der Waals surface area contributed by atoms with E-state index in [0.717, 1.165) is 24.8 Å². The number of pyridine rings is 2. The molecule has 0 spiro atoms. The Morgan fingerprint density at radius 3 is 2.44 bits per heavy atom. The number of nitrogens with two attached hydrogens (primary N) is 1. The summed E-state index contributed by atoms with van der Waals surface area (Å²) < 4.78 is 33.6. The molecule has 2 heterocycles. The van der Waals surface area contributed by atoms with Crippen LogP contribution in [0.4, 0.5) is 17.1 Å². The van der Waals surface area contributed by atoms with Gasteiger partial charge in [-0.05, 0) is 116 Å². The number of phenols is 1. The maximum Gasteiger partial charge on any atom is 0.255 e. The molecule has 8 N–H and O–H groups in total. The number of hydrogen-bond donors (Lipinski definition) is 7. The van der Waals surface area contributed by atoms with Crippen molar-refractivity contribution in [1.29, 1.82) is 0 Å². The molecule has 7 aromatic rings. The fourth-order valence-electron chi connectivity index (χ4n) is 7.14. The van der Waals surface area contributed by atoms with Gasteiger partial charge in [0.15, 0.2) is 0 Å². The number of phenolic OH excluding ortho intramolecular Hbond substituents is 1. The van der Waals surface area contributed by atoms with E-state index in [1.807, 2.05) is 12.1 Å². The Bertz CT molecular complexity index is 2950. The summed E-state index contributed by atoms with van der Waals surface area (Å²) in [6, 6.07) is 29.3. The molecule has 2 aromatic heterocycles. The summed E-state index contributed by atoms with van der Waals surface area (Å²) >= 11 is 0. The highest BCUT2D eigenvalue weighted by molar-refractivity contribution is 7.91. The van der Waals surface area contributed by atoms with Crippen molar-refractivity contribution in [3.05, 3.63) is 154 Å². The van der Waals surface area contributed by atoms with E-state index in [-0.39, 0.29) is 37.9 Å². The van der Waals surface area contributed by atoms with Gasteiger partial charge in [-0.15, -0.1) is 0 Å². The maximum absolute atomic E-state index is 14.2. The second kappa shape index (κ2) is 18.0. The highest BCUT2D eigenvalue weighted by Crippen LogP contribution is 2.35. The molecule has 61 heavy (non-hydrogen) atoms. The number of carbonyl (C=O) groups is 2. The van der Waals surface area contributed by atoms with Crippen molar-refractivity contribution in [3.8, 4) is 11.5 Å². The molecule has 0 aliphatic rings. The van der Waals surface area contributed by atoms with Crippen molar-refractivity contribution in [2.24, 2.45) is 5.73 Å². The lowest BCUT2D eigenvalue weighted by Gasteiger charge is -2.16. The summed E-state index contributed by atoms with van der Waals surface area (Å²) in [5.74, 6) is -0.723. The molecule has 0 bridgehead atoms. The first-order valence-electron chi connectivity index (χ1n) is 19.5. The molecule has 2 amide bonds. The molecule has 0 aliphatic carbocycles. The van der Waals surface area contributed by atoms with Gasteiger partial charge in [0.05, 0.1) is 45.3 Å². The number of fused-ring (bicyclic) bond motifs is 2. The Labute approximate surface area is 351 Å². The smallest absolute Gasteiger partial charge is 0.255 e. The number of amides is 2. The first kappa shape index (κ1) is 42.1. The molecule has 5 aromatic carbocycles. The molecule has 14 nitrogen and oxygen atoms in total. The number of aromatic amines is 1. The standard InChI is InChI=1S/C46H44N6O8S/c1-27-21-34(24-37-42(27)49-25-38(45(47)56)43(37)50-31-9-6-10-32(23-31)60-2)61(58,59)33-11-5-8-29(22-33)46(57)51-30-14-12-28(13-15-30)7-3-4-20-48-26-40(54)35-16-18-39(53)44-36(35)17-19-41(55)52-44/h5-6,8-19,21-25,40,48,53-54H,3-4,7,20,26H2,1-2H3,(H2,47,56)(H,49,50)(H,51,57)(H,52,55)/t40-/m0/s1. The largest absolute Gasteiger partial charge is 0.506 e. The number of rotatable bonds is 16. The van der Waals surface area contributed by atoms with Gasteiger partial charge in [0.2, 0.25) is 15.4 Å². The van der Waals surface area contributed by atoms with Gasteiger partial charge in [0, 0.05) is 52.6 Å². The van der Waals surface area contributed by atoms with Crippen molar-refractivity contribution in [2.75, 3.05) is 30.8 Å². The Morgan fingerprint density at radius 2 is 1.67 bits per heavy atom. The molecule has 1 atom stereocenters. The number of nitrogens with zero attached hydrogens (tertiary/aromatic N) is 1. The number of unbranched alkanes of at least 4 members (excludes halogenated alkanes) is 1. The third-order valence-corrected chi connectivity index (χ3v) is 12.1. The monoisotopic (exact) mass is 840 g/mol. The minimum Gasteiger partial charge on any atom is -0.506 e. The van der Waals surface area contributed by atoms with Gasteiger partial charge in [-0.25, -0.2) is 8.42 Å². The molecule has 312 valence electrons. The number of anilines is 3. The van der Waals surface area contributed by atoms with Crippen molar-refractivity contribution >= 4 is 60.5 Å². The number of carbonyl (C=O) groups excluding carboxylic acids is 2. The van der Waals surface area contributed by atoms with Crippen LogP contribution in [0.2, 0.25) is 0 Å². The first-order valence-corrected chi connectivity index (χ1v) is 20.9. The number of aryl methyl sites for hydroxylation is 2. The fourth-order valence-corrected chi connectivity index (χ4v) is 8.56. The first-order chi connectivity index (χ1) is 29.3. The maximum atomic E-state index is 14.2. The number of aliphatic hydroxyl groups excluding tert-OH is 1. The number of sulfone groups is 1. The lowest BCUT2D eigenvalue weighted by Crippen LogP contribution is -2.23. The lowest BCUT2D eigenvalue weighted by molar-refractivity contribution is 0.0998. The van der Waals surface area contributed by atoms with E-state index in [4.69, 9.17) is 10.5 Å². The summed E-state index contributed by atoms with van der Waals surface area (Å²) in [6.45, 7) is 2.69. The molecule has 7 rings (SSSR count). The molecule has 0 fully saturated rings. The van der Waals surface area contributed by atoms with Gasteiger partial charge >= 0.3 is 0 Å². The number of methoxy groups -OCH3 is 1. The van der Waals surface area contributed by atoms with Gasteiger partial charge in [-0.2, -0.15) is 0 Å². The van der Waals surface area contributed by atoms with Crippen LogP contribution in [0.3, 0.4) is 0 Å². The molecule has 0 saturated carbocycles. The number of primary amides is 1. The van der Waals surface area contributed by atoms with Crippen LogP contribution in [-0.2, 0) is 16.3 Å². The van der Waals surface area contributed by atoms with Crippen molar-refractivity contribution < 1.29 is 33.0 Å². The average molecular weight is 841 g/mol. The highest BCUT2D eigenvalue weighted by Gasteiger charge is 2.24. The van der Waals surface area contributed by atoms with Gasteiger partial charge in [-0.1, -0.05) is 30.3 Å². The SMILES string of the molecule is COc1cccc(Nc2c(C(N)=O)cnc3c(C)cc(S(=O)(=O)c4cccc(C(=O)Nc5ccc(CCCCNC[C@H](O)c6ccc(O)c7[nH]c(=O)ccc67)cc5)c4)cc23)c1. The third-order valence-electron chi connectivity index (χ3n) is 10.3. The minimum absolute atomic E-state index is 0.0569. The summed E-state index contributed by atoms with van der Waals surface area (Å²) in [5.41, 5.74) is 10.0. The molecule has 0 radical (unpaired) electrons. The van der Waals surface area contributed by atoms with E-state index in [2.05, 4.69) is 25.9 Å². The van der Waals surface area contributed by atoms with Crippen LogP contribution in [0.5, 0.6) is 11.5 Å². The molecular weight excluding hydrogens is 797 g/mol. The van der Waals surface area contributed by atoms with E-state index in [1.165, 1.54) is 61.8 Å². The summed E-state index contributed by atoms with van der Waals surface area (Å²) in [5, 5.41) is 31.2. The van der Waals surface area contributed by atoms with Crippen LogP contribution in [0.1, 0.15) is 56.4 Å². The summed E-state index contributed by atoms with van der Waals surface area (Å²) in [6.07, 6.45) is 3.03. The van der Waals surface area contributed by atoms with Crippen LogP contribution in [0.25, 0.3) is 21.8 Å². The molecule has 0 unspecified atom stereocenters. The quantitative estimate of drug-likeness (QED) is 0.0509. The third kappa shape index (κ3) is 9.39. The van der Waals surface area contributed by atoms with E-state index in [1.54, 1.807) is 55.5 Å². The van der Waals surface area contributed by atoms with Gasteiger partial charge in [0.1, 0.15) is 11.5 Å². The van der Waals surface area contributed by atoms with E-state index in [0.29, 0.717) is 63.1 Å². The Hall–Kier alpha value is -7.07. The Morgan fingerprint density at radius 1 is 0.885 bits per heavy atom. The molecular formula is C46H44N6O8S. The zero-order chi connectivity index (χ0) is 43.3. The number of ether oxygens (including phenoxy) is 1. The lowest BCUT2D eigenvalue weighted by atomic mass is 10.0. The number of aliphatic hydroxyl groups is 1. The van der Waals surface area contributed by atoms with Crippen molar-refractivity contribution in [3.63, 3.8) is 0 Å². The van der Waals surface area contributed by atoms with Gasteiger partial charge < -0.3 is 41.6 Å². The zero-order valence-electron chi connectivity index (χ0n) is 33.4. The van der Waals surface area contributed by atoms with E-state index >= 15 is 0 Å². The number of benzene rings is 5. The van der Waals surface area contributed by atoms with Crippen molar-refractivity contribution in [2.45, 2.75) is 42.1 Å².